The minimum Gasteiger partial charge on any atom is -0.386 e. The molecule has 0 fully saturated rings. The average molecular weight is 521 g/mol. The van der Waals surface area contributed by atoms with Gasteiger partial charge in [0.05, 0.1) is 0 Å². The van der Waals surface area contributed by atoms with Crippen LogP contribution >= 0.6 is 0 Å². The normalized spacial score (nSPS) is 10.6. The van der Waals surface area contributed by atoms with Gasteiger partial charge in [0.15, 0.2) is 5.75 Å². The summed E-state index contributed by atoms with van der Waals surface area (Å²) in [5.74, 6) is -0.797. The molecule has 0 atom stereocenters. The fourth-order valence-corrected chi connectivity index (χ4v) is 3.88. The van der Waals surface area contributed by atoms with E-state index < -0.39 is 17.7 Å². The van der Waals surface area contributed by atoms with Crippen molar-refractivity contribution in [3.63, 3.8) is 0 Å². The Labute approximate surface area is 223 Å². The zero-order chi connectivity index (χ0) is 27.2. The Balaban J connectivity index is 1.41. The van der Waals surface area contributed by atoms with Crippen molar-refractivity contribution < 1.29 is 24.1 Å². The van der Waals surface area contributed by atoms with E-state index in [0.717, 1.165) is 26.7 Å². The molecule has 3 N–H and O–H groups in total. The van der Waals surface area contributed by atoms with Gasteiger partial charge in [-0.1, -0.05) is 71.9 Å². The summed E-state index contributed by atoms with van der Waals surface area (Å²) in [4.78, 5) is 48.7. The zero-order valence-corrected chi connectivity index (χ0v) is 20.9. The summed E-state index contributed by atoms with van der Waals surface area (Å²) in [6.07, 6.45) is 0. The van der Waals surface area contributed by atoms with Crippen molar-refractivity contribution in [2.45, 2.75) is 6.92 Å². The number of nitrogens with one attached hydrogen (secondary N) is 3. The molecule has 0 bridgehead atoms. The molecule has 0 aliphatic carbocycles. The van der Waals surface area contributed by atoms with Crippen LogP contribution in [0.4, 0.5) is 0 Å². The summed E-state index contributed by atoms with van der Waals surface area (Å²) in [6.45, 7) is 1.27. The summed E-state index contributed by atoms with van der Waals surface area (Å²) >= 11 is 0. The third-order valence-corrected chi connectivity index (χ3v) is 5.79. The van der Waals surface area contributed by atoms with Crippen LogP contribution in [0.5, 0.6) is 11.5 Å². The number of hydrogen-bond donors (Lipinski definition) is 3. The summed E-state index contributed by atoms with van der Waals surface area (Å²) in [5, 5.41) is 4.79. The molecule has 5 aromatic carbocycles. The minimum absolute atomic E-state index is 0.140. The van der Waals surface area contributed by atoms with Gasteiger partial charge in [-0.2, -0.15) is 0 Å². The molecular weight excluding hydrogens is 496 g/mol. The maximum absolute atomic E-state index is 13.5. The molecule has 39 heavy (non-hydrogen) atoms. The Kier molecular flexibility index (Phi) is 7.33. The molecule has 0 saturated carbocycles. The second-order valence-corrected chi connectivity index (χ2v) is 8.62. The first-order valence-corrected chi connectivity index (χ1v) is 12.1. The molecule has 0 aromatic heterocycles. The smallest absolute Gasteiger partial charge is 0.306 e. The predicted molar refractivity (Wildman–Crippen MR) is 146 cm³/mol. The van der Waals surface area contributed by atoms with Crippen LogP contribution in [0, 0.1) is 0 Å². The van der Waals surface area contributed by atoms with Gasteiger partial charge in [-0.15, -0.1) is 0 Å². The Morgan fingerprint density at radius 2 is 1.21 bits per heavy atom. The molecule has 0 aliphatic heterocycles. The van der Waals surface area contributed by atoms with Crippen LogP contribution in [0.2, 0.25) is 0 Å². The lowest BCUT2D eigenvalue weighted by molar-refractivity contribution is -0.141. The molecular formula is C30H24N4O5. The number of hydrazine groups is 2. The first-order valence-electron chi connectivity index (χ1n) is 12.1. The Bertz CT molecular complexity index is 1690. The van der Waals surface area contributed by atoms with Crippen LogP contribution < -0.4 is 26.1 Å². The monoisotopic (exact) mass is 520 g/mol. The third kappa shape index (κ3) is 6.12. The number of fused-ring (bicyclic) bond motifs is 2. The number of hydrogen-bond acceptors (Lipinski definition) is 6. The highest BCUT2D eigenvalue weighted by molar-refractivity contribution is 5.99. The summed E-state index contributed by atoms with van der Waals surface area (Å²) in [7, 11) is 0. The van der Waals surface area contributed by atoms with E-state index in [2.05, 4.69) is 16.4 Å². The van der Waals surface area contributed by atoms with Crippen molar-refractivity contribution in [2.24, 2.45) is 0 Å². The van der Waals surface area contributed by atoms with Crippen molar-refractivity contribution in [2.75, 3.05) is 0 Å². The number of carbonyl (C=O) groups is 3. The number of rotatable bonds is 7. The molecule has 0 unspecified atom stereocenters. The molecule has 0 heterocycles. The summed E-state index contributed by atoms with van der Waals surface area (Å²) in [6, 6.07) is 32.5. The summed E-state index contributed by atoms with van der Waals surface area (Å²) in [5.41, 5.74) is 7.39. The fourth-order valence-electron chi connectivity index (χ4n) is 3.88. The quantitative estimate of drug-likeness (QED) is 0.268. The van der Waals surface area contributed by atoms with Gasteiger partial charge in [0.1, 0.15) is 5.75 Å². The molecule has 0 saturated heterocycles. The van der Waals surface area contributed by atoms with Gasteiger partial charge in [-0.05, 0) is 69.6 Å². The lowest BCUT2D eigenvalue weighted by Gasteiger charge is -2.23. The topological polar surface area (TPSA) is 109 Å². The van der Waals surface area contributed by atoms with Crippen LogP contribution in [0.15, 0.2) is 109 Å². The predicted octanol–water partition coefficient (Wildman–Crippen LogP) is 4.71. The van der Waals surface area contributed by atoms with E-state index in [4.69, 9.17) is 9.68 Å². The number of carbonyl (C=O) groups excluding carboxylic acids is 3. The largest absolute Gasteiger partial charge is 0.386 e. The summed E-state index contributed by atoms with van der Waals surface area (Å²) < 4.78 is 0. The molecule has 0 spiro atoms. The Morgan fingerprint density at radius 3 is 1.87 bits per heavy atom. The van der Waals surface area contributed by atoms with Crippen LogP contribution in [-0.4, -0.2) is 22.9 Å². The molecule has 5 rings (SSSR count). The van der Waals surface area contributed by atoms with Crippen molar-refractivity contribution in [3.8, 4) is 11.5 Å². The second kappa shape index (κ2) is 11.3. The lowest BCUT2D eigenvalue weighted by Crippen LogP contribution is -2.47. The number of hydroxylamine groups is 1. The molecule has 9 heteroatoms. The molecule has 194 valence electrons. The zero-order valence-electron chi connectivity index (χ0n) is 20.9. The van der Waals surface area contributed by atoms with Crippen LogP contribution in [0.1, 0.15) is 27.6 Å². The van der Waals surface area contributed by atoms with Gasteiger partial charge in [0, 0.05) is 18.1 Å². The highest BCUT2D eigenvalue weighted by Gasteiger charge is 2.21. The van der Waals surface area contributed by atoms with Crippen molar-refractivity contribution in [1.29, 1.82) is 0 Å². The van der Waals surface area contributed by atoms with E-state index in [1.165, 1.54) is 25.1 Å². The number of benzene rings is 5. The Hall–Kier alpha value is -5.41. The number of amides is 3. The van der Waals surface area contributed by atoms with Crippen LogP contribution in [-0.2, 0) is 4.79 Å². The molecule has 3 amide bonds. The SMILES string of the molecule is CC(=O)NNC(=O)c1cccc(C(=O)N(NOc2ccc3ccccc3c2)Oc2ccc3ccccc3c2)c1. The van der Waals surface area contributed by atoms with Gasteiger partial charge in [-0.3, -0.25) is 25.2 Å². The minimum atomic E-state index is -0.627. The van der Waals surface area contributed by atoms with E-state index >= 15 is 0 Å². The van der Waals surface area contributed by atoms with Gasteiger partial charge in [0.25, 0.3) is 5.91 Å². The molecule has 0 aliphatic rings. The molecule has 9 nitrogen and oxygen atoms in total. The van der Waals surface area contributed by atoms with E-state index in [0.29, 0.717) is 11.5 Å². The molecule has 5 aromatic rings. The molecule has 0 radical (unpaired) electrons. The number of nitrogens with zero attached hydrogens (tertiary/aromatic N) is 1. The van der Waals surface area contributed by atoms with Crippen molar-refractivity contribution in [3.05, 3.63) is 120 Å². The van der Waals surface area contributed by atoms with Gasteiger partial charge >= 0.3 is 5.91 Å². The van der Waals surface area contributed by atoms with E-state index in [1.807, 2.05) is 66.7 Å². The first-order chi connectivity index (χ1) is 19.0. The van der Waals surface area contributed by atoms with Gasteiger partial charge < -0.3 is 9.68 Å². The van der Waals surface area contributed by atoms with Gasteiger partial charge in [-0.25, -0.2) is 0 Å². The van der Waals surface area contributed by atoms with E-state index in [1.54, 1.807) is 24.3 Å². The maximum Gasteiger partial charge on any atom is 0.306 e. The Morgan fingerprint density at radius 1 is 0.615 bits per heavy atom. The van der Waals surface area contributed by atoms with Crippen LogP contribution in [0.25, 0.3) is 21.5 Å². The fraction of sp³-hybridized carbons (Fsp3) is 0.0333. The van der Waals surface area contributed by atoms with E-state index in [9.17, 15) is 14.4 Å². The average Bonchev–Trinajstić information content (AvgIpc) is 2.97. The first kappa shape index (κ1) is 25.2. The van der Waals surface area contributed by atoms with Crippen molar-refractivity contribution >= 4 is 39.3 Å². The highest BCUT2D eigenvalue weighted by Crippen LogP contribution is 2.23. The van der Waals surface area contributed by atoms with Crippen LogP contribution in [0.3, 0.4) is 0 Å². The lowest BCUT2D eigenvalue weighted by atomic mass is 10.1. The highest BCUT2D eigenvalue weighted by atomic mass is 16.8. The van der Waals surface area contributed by atoms with E-state index in [-0.39, 0.29) is 11.1 Å². The maximum atomic E-state index is 13.5. The van der Waals surface area contributed by atoms with Gasteiger partial charge in [0.2, 0.25) is 5.91 Å². The standard InChI is InChI=1S/C30H24N4O5/c1-20(35)31-32-29(36)25-11-6-12-26(17-25)30(37)34(39-28-16-14-22-8-3-5-10-24(22)19-28)33-38-27-15-13-21-7-2-4-9-23(21)18-27/h2-19,33H,1H3,(H,31,35)(H,32,36). The van der Waals surface area contributed by atoms with Crippen molar-refractivity contribution in [1.82, 2.24) is 21.6 Å². The third-order valence-electron chi connectivity index (χ3n) is 5.79. The second-order valence-electron chi connectivity index (χ2n) is 8.62.